The lowest BCUT2D eigenvalue weighted by atomic mass is 10.1. The lowest BCUT2D eigenvalue weighted by Gasteiger charge is -2.21. The number of carbonyl (C=O) groups is 2. The maximum absolute atomic E-state index is 12.5. The minimum atomic E-state index is -0.566. The Kier molecular flexibility index (Phi) is 40.7. The fourth-order valence-electron chi connectivity index (χ4n) is 5.96. The Hall–Kier alpha value is -1.68. The van der Waals surface area contributed by atoms with Crippen LogP contribution in [0.4, 0.5) is 4.79 Å². The van der Waals surface area contributed by atoms with Gasteiger partial charge in [0.1, 0.15) is 0 Å². The summed E-state index contributed by atoms with van der Waals surface area (Å²) in [7, 11) is 0. The van der Waals surface area contributed by atoms with E-state index in [2.05, 4.69) is 37.8 Å². The molecule has 0 fully saturated rings. The number of aliphatic hydroxyl groups is 1. The van der Waals surface area contributed by atoms with E-state index in [1.165, 1.54) is 64.2 Å². The van der Waals surface area contributed by atoms with Gasteiger partial charge in [0.05, 0.1) is 32.8 Å². The Bertz CT molecular complexity index is 762. The highest BCUT2D eigenvalue weighted by atomic mass is 16.7. The third-order valence-corrected chi connectivity index (χ3v) is 9.21. The molecule has 0 unspecified atom stereocenters. The molecule has 9 nitrogen and oxygen atoms in total. The Balaban J connectivity index is 3.99. The second kappa shape index (κ2) is 42.1. The van der Waals surface area contributed by atoms with Crippen molar-refractivity contribution in [3.63, 3.8) is 0 Å². The number of rotatable bonds is 41. The number of esters is 1. The first-order chi connectivity index (χ1) is 25.6. The summed E-state index contributed by atoms with van der Waals surface area (Å²) in [6.45, 7) is 11.9. The topological polar surface area (TPSA) is 104 Å². The van der Waals surface area contributed by atoms with Gasteiger partial charge in [-0.1, -0.05) is 110 Å². The molecule has 308 valence electrons. The van der Waals surface area contributed by atoms with Crippen molar-refractivity contribution in [1.29, 1.82) is 0 Å². The molecule has 0 aromatic rings. The van der Waals surface area contributed by atoms with Crippen molar-refractivity contribution in [1.82, 2.24) is 4.90 Å². The Morgan fingerprint density at radius 3 is 1.54 bits per heavy atom. The van der Waals surface area contributed by atoms with Gasteiger partial charge in [-0.2, -0.15) is 0 Å². The molecule has 0 bridgehead atoms. The average Bonchev–Trinajstić information content (AvgIpc) is 3.14. The summed E-state index contributed by atoms with van der Waals surface area (Å²) < 4.78 is 28.0. The van der Waals surface area contributed by atoms with Gasteiger partial charge in [0.2, 0.25) is 0 Å². The van der Waals surface area contributed by atoms with Crippen LogP contribution in [0.2, 0.25) is 0 Å². The monoisotopic (exact) mass is 742 g/mol. The first-order valence-electron chi connectivity index (χ1n) is 21.7. The number of carbonyl (C=O) groups excluding carboxylic acids is 2. The largest absolute Gasteiger partial charge is 0.508 e. The van der Waals surface area contributed by atoms with Gasteiger partial charge in [0.25, 0.3) is 0 Å². The second-order valence-corrected chi connectivity index (χ2v) is 14.2. The molecule has 0 atom stereocenters. The Morgan fingerprint density at radius 2 is 1.00 bits per heavy atom. The highest BCUT2D eigenvalue weighted by Gasteiger charge is 2.14. The molecule has 9 heteroatoms. The van der Waals surface area contributed by atoms with Gasteiger partial charge in [0, 0.05) is 26.2 Å². The van der Waals surface area contributed by atoms with Gasteiger partial charge in [-0.05, 0) is 90.1 Å². The van der Waals surface area contributed by atoms with E-state index in [-0.39, 0.29) is 18.9 Å². The van der Waals surface area contributed by atoms with Crippen molar-refractivity contribution in [2.24, 2.45) is 0 Å². The molecule has 0 heterocycles. The molecule has 0 aromatic heterocycles. The quantitative estimate of drug-likeness (QED) is 0.0284. The van der Waals surface area contributed by atoms with Gasteiger partial charge in [-0.3, -0.25) is 4.79 Å². The highest BCUT2D eigenvalue weighted by Crippen LogP contribution is 2.13. The summed E-state index contributed by atoms with van der Waals surface area (Å²) in [6, 6.07) is 0. The van der Waals surface area contributed by atoms with Crippen molar-refractivity contribution < 1.29 is 38.4 Å². The minimum Gasteiger partial charge on any atom is -0.466 e. The van der Waals surface area contributed by atoms with E-state index in [0.29, 0.717) is 52.4 Å². The summed E-state index contributed by atoms with van der Waals surface area (Å²) in [5.41, 5.74) is 0. The minimum absolute atomic E-state index is 0.148. The van der Waals surface area contributed by atoms with E-state index in [0.717, 1.165) is 103 Å². The second-order valence-electron chi connectivity index (χ2n) is 14.2. The summed E-state index contributed by atoms with van der Waals surface area (Å²) in [5, 5.41) is 9.49. The molecule has 0 amide bonds. The zero-order valence-corrected chi connectivity index (χ0v) is 34.2. The molecular weight excluding hydrogens is 658 g/mol. The van der Waals surface area contributed by atoms with Gasteiger partial charge in [-0.25, -0.2) is 4.79 Å². The van der Waals surface area contributed by atoms with E-state index in [9.17, 15) is 14.7 Å². The zero-order valence-electron chi connectivity index (χ0n) is 34.2. The fourth-order valence-corrected chi connectivity index (χ4v) is 5.96. The average molecular weight is 742 g/mol. The maximum atomic E-state index is 12.5. The van der Waals surface area contributed by atoms with Gasteiger partial charge >= 0.3 is 12.1 Å². The predicted octanol–water partition coefficient (Wildman–Crippen LogP) is 11.1. The number of ether oxygens (including phenoxy) is 5. The van der Waals surface area contributed by atoms with E-state index in [1.807, 2.05) is 0 Å². The normalized spacial score (nSPS) is 11.7. The van der Waals surface area contributed by atoms with Gasteiger partial charge in [-0.15, -0.1) is 0 Å². The van der Waals surface area contributed by atoms with E-state index < -0.39 is 6.16 Å². The van der Waals surface area contributed by atoms with Crippen LogP contribution in [0.3, 0.4) is 0 Å². The van der Waals surface area contributed by atoms with Crippen molar-refractivity contribution in [3.8, 4) is 0 Å². The number of hydrogen-bond donors (Lipinski definition) is 1. The summed E-state index contributed by atoms with van der Waals surface area (Å²) in [4.78, 5) is 26.5. The summed E-state index contributed by atoms with van der Waals surface area (Å²) >= 11 is 0. The van der Waals surface area contributed by atoms with Crippen LogP contribution in [0.5, 0.6) is 0 Å². The number of unbranched alkanes of at least 4 members (excludes halogenated alkanes) is 18. The fraction of sp³-hybridized carbons (Fsp3) is 0.907. The number of nitrogens with zero attached hydrogens (tertiary/aromatic N) is 1. The third kappa shape index (κ3) is 38.1. The molecule has 52 heavy (non-hydrogen) atoms. The van der Waals surface area contributed by atoms with Crippen LogP contribution in [-0.4, -0.2) is 87.7 Å². The molecule has 0 aromatic carbocycles. The lowest BCUT2D eigenvalue weighted by Crippen LogP contribution is -2.29. The smallest absolute Gasteiger partial charge is 0.466 e. The summed E-state index contributed by atoms with van der Waals surface area (Å²) in [5.74, 6) is -0.172. The van der Waals surface area contributed by atoms with E-state index >= 15 is 0 Å². The van der Waals surface area contributed by atoms with Gasteiger partial charge < -0.3 is 33.7 Å². The van der Waals surface area contributed by atoms with Gasteiger partial charge in [0.15, 0.2) is 6.29 Å². The van der Waals surface area contributed by atoms with Crippen LogP contribution in [0.1, 0.15) is 188 Å². The third-order valence-electron chi connectivity index (χ3n) is 9.21. The van der Waals surface area contributed by atoms with Crippen molar-refractivity contribution in [2.45, 2.75) is 194 Å². The molecule has 0 aliphatic carbocycles. The van der Waals surface area contributed by atoms with Crippen molar-refractivity contribution >= 4 is 12.1 Å². The van der Waals surface area contributed by atoms with Crippen molar-refractivity contribution in [3.05, 3.63) is 12.2 Å². The Morgan fingerprint density at radius 1 is 0.538 bits per heavy atom. The van der Waals surface area contributed by atoms with Crippen LogP contribution < -0.4 is 0 Å². The van der Waals surface area contributed by atoms with E-state index in [1.54, 1.807) is 0 Å². The Labute approximate surface area is 320 Å². The molecule has 0 rings (SSSR count). The number of aliphatic hydroxyl groups excluding tert-OH is 1. The molecule has 0 spiro atoms. The number of allylic oxidation sites excluding steroid dienone is 2. The molecular formula is C43H83NO8. The lowest BCUT2D eigenvalue weighted by molar-refractivity contribution is -0.159. The summed E-state index contributed by atoms with van der Waals surface area (Å²) in [6.07, 6.45) is 30.9. The van der Waals surface area contributed by atoms with Crippen LogP contribution in [0.15, 0.2) is 12.2 Å². The molecule has 0 aliphatic rings. The standard InChI is InChI=1S/C43H83NO8/c1-4-7-10-13-16-20-28-39-51-43(47)52-40-29-22-24-33-44(34-35-45)32-23-17-21-25-36-48-41(46)30-31-42(49-37-26-18-14-11-8-5-2)50-38-27-19-15-12-9-6-3/h7,10,42,45H,4-6,8-9,11-40H2,1-3H3/b10-7-. The van der Waals surface area contributed by atoms with E-state index in [4.69, 9.17) is 23.7 Å². The van der Waals surface area contributed by atoms with Crippen molar-refractivity contribution in [2.75, 3.05) is 59.3 Å². The first-order valence-corrected chi connectivity index (χ1v) is 21.7. The van der Waals surface area contributed by atoms with Crippen LogP contribution in [-0.2, 0) is 28.5 Å². The zero-order chi connectivity index (χ0) is 38.0. The number of hydrogen-bond acceptors (Lipinski definition) is 9. The maximum Gasteiger partial charge on any atom is 0.508 e. The van der Waals surface area contributed by atoms with Crippen LogP contribution in [0.25, 0.3) is 0 Å². The molecule has 0 saturated heterocycles. The molecule has 0 aliphatic heterocycles. The first kappa shape index (κ1) is 50.3. The molecule has 1 N–H and O–H groups in total. The predicted molar refractivity (Wildman–Crippen MR) is 214 cm³/mol. The molecule has 0 saturated carbocycles. The molecule has 0 radical (unpaired) electrons. The van der Waals surface area contributed by atoms with Crippen LogP contribution in [0, 0.1) is 0 Å². The highest BCUT2D eigenvalue weighted by molar-refractivity contribution is 5.69. The SMILES string of the molecule is CC/C=C\CCCCCOC(=O)OCCCCCN(CCO)CCCCCCOC(=O)CCC(OCCCCCCCC)OCCCCCCCC. The van der Waals surface area contributed by atoms with Crippen LogP contribution >= 0.6 is 0 Å².